The van der Waals surface area contributed by atoms with Crippen molar-refractivity contribution in [1.29, 1.82) is 0 Å². The average molecular weight is 272 g/mol. The van der Waals surface area contributed by atoms with Crippen LogP contribution in [0.5, 0.6) is 0 Å². The van der Waals surface area contributed by atoms with Gasteiger partial charge in [0.1, 0.15) is 0 Å². The molecule has 6 heteroatoms. The van der Waals surface area contributed by atoms with Crippen molar-refractivity contribution < 1.29 is 19.8 Å². The van der Waals surface area contributed by atoms with E-state index in [2.05, 4.69) is 0 Å². The molecule has 1 aliphatic heterocycles. The SMILES string of the molecule is CN(CCCC(=O)O)C(=O)N1CCCCC1CCO. The molecule has 6 nitrogen and oxygen atoms in total. The normalized spacial score (nSPS) is 19.3. The number of urea groups is 1. The zero-order chi connectivity index (χ0) is 14.3. The molecular formula is C13H24N2O4. The first-order valence-corrected chi connectivity index (χ1v) is 6.90. The molecule has 0 bridgehead atoms. The Bertz CT molecular complexity index is 307. The largest absolute Gasteiger partial charge is 0.481 e. The first-order valence-electron chi connectivity index (χ1n) is 6.90. The van der Waals surface area contributed by atoms with Gasteiger partial charge in [-0.1, -0.05) is 0 Å². The first kappa shape index (κ1) is 15.8. The summed E-state index contributed by atoms with van der Waals surface area (Å²) in [5.74, 6) is -0.836. The quantitative estimate of drug-likeness (QED) is 0.759. The van der Waals surface area contributed by atoms with Crippen LogP contribution in [0.25, 0.3) is 0 Å². The summed E-state index contributed by atoms with van der Waals surface area (Å²) < 4.78 is 0. The lowest BCUT2D eigenvalue weighted by Crippen LogP contribution is -2.49. The Balaban J connectivity index is 2.46. The minimum Gasteiger partial charge on any atom is -0.481 e. The van der Waals surface area contributed by atoms with Crippen molar-refractivity contribution in [3.63, 3.8) is 0 Å². The Morgan fingerprint density at radius 3 is 2.74 bits per heavy atom. The van der Waals surface area contributed by atoms with Gasteiger partial charge in [0.05, 0.1) is 0 Å². The van der Waals surface area contributed by atoms with Crippen LogP contribution >= 0.6 is 0 Å². The minimum atomic E-state index is -0.836. The predicted molar refractivity (Wildman–Crippen MR) is 70.9 cm³/mol. The van der Waals surface area contributed by atoms with E-state index >= 15 is 0 Å². The number of carboxylic acid groups (broad SMARTS) is 1. The van der Waals surface area contributed by atoms with Gasteiger partial charge in [-0.2, -0.15) is 0 Å². The highest BCUT2D eigenvalue weighted by atomic mass is 16.4. The van der Waals surface area contributed by atoms with Crippen LogP contribution in [-0.2, 0) is 4.79 Å². The van der Waals surface area contributed by atoms with E-state index in [0.717, 1.165) is 25.8 Å². The third kappa shape index (κ3) is 5.06. The van der Waals surface area contributed by atoms with E-state index in [-0.39, 0.29) is 25.1 Å². The molecule has 0 radical (unpaired) electrons. The van der Waals surface area contributed by atoms with Gasteiger partial charge >= 0.3 is 12.0 Å². The number of hydrogen-bond acceptors (Lipinski definition) is 3. The highest BCUT2D eigenvalue weighted by molar-refractivity contribution is 5.74. The molecule has 0 spiro atoms. The number of amides is 2. The number of aliphatic hydroxyl groups is 1. The second kappa shape index (κ2) is 7.99. The highest BCUT2D eigenvalue weighted by Gasteiger charge is 2.28. The summed E-state index contributed by atoms with van der Waals surface area (Å²) in [6.07, 6.45) is 4.20. The molecule has 0 aliphatic carbocycles. The van der Waals surface area contributed by atoms with Crippen LogP contribution in [0.1, 0.15) is 38.5 Å². The molecule has 1 aliphatic rings. The van der Waals surface area contributed by atoms with Gasteiger partial charge in [0.25, 0.3) is 0 Å². The Kier molecular flexibility index (Phi) is 6.62. The van der Waals surface area contributed by atoms with E-state index in [0.29, 0.717) is 19.4 Å². The van der Waals surface area contributed by atoms with Crippen LogP contribution in [0.4, 0.5) is 4.79 Å². The van der Waals surface area contributed by atoms with Crippen molar-refractivity contribution in [2.24, 2.45) is 0 Å². The average Bonchev–Trinajstić information content (AvgIpc) is 2.38. The lowest BCUT2D eigenvalue weighted by atomic mass is 10.00. The summed E-state index contributed by atoms with van der Waals surface area (Å²) in [4.78, 5) is 26.1. The monoisotopic (exact) mass is 272 g/mol. The molecule has 2 amide bonds. The van der Waals surface area contributed by atoms with Crippen molar-refractivity contribution in [3.05, 3.63) is 0 Å². The molecule has 0 aromatic carbocycles. The van der Waals surface area contributed by atoms with Gasteiger partial charge in [-0.3, -0.25) is 4.79 Å². The fraction of sp³-hybridized carbons (Fsp3) is 0.846. The van der Waals surface area contributed by atoms with Crippen molar-refractivity contribution >= 4 is 12.0 Å². The van der Waals surface area contributed by atoms with Crippen LogP contribution in [0.2, 0.25) is 0 Å². The van der Waals surface area contributed by atoms with Crippen LogP contribution in [-0.4, -0.2) is 64.8 Å². The molecule has 1 heterocycles. The van der Waals surface area contributed by atoms with Gasteiger partial charge in [-0.25, -0.2) is 4.79 Å². The van der Waals surface area contributed by atoms with E-state index < -0.39 is 5.97 Å². The zero-order valence-corrected chi connectivity index (χ0v) is 11.5. The van der Waals surface area contributed by atoms with Crippen molar-refractivity contribution in [2.45, 2.75) is 44.6 Å². The molecule has 1 rings (SSSR count). The summed E-state index contributed by atoms with van der Waals surface area (Å²) in [7, 11) is 1.70. The number of rotatable bonds is 6. The summed E-state index contributed by atoms with van der Waals surface area (Å²) in [5.41, 5.74) is 0. The number of carbonyl (C=O) groups is 2. The molecule has 0 saturated carbocycles. The van der Waals surface area contributed by atoms with E-state index in [1.807, 2.05) is 4.90 Å². The smallest absolute Gasteiger partial charge is 0.319 e. The zero-order valence-electron chi connectivity index (χ0n) is 11.5. The van der Waals surface area contributed by atoms with Gasteiger partial charge in [0.15, 0.2) is 0 Å². The molecule has 0 aromatic rings. The van der Waals surface area contributed by atoms with Crippen LogP contribution in [0.15, 0.2) is 0 Å². The predicted octanol–water partition coefficient (Wildman–Crippen LogP) is 1.14. The van der Waals surface area contributed by atoms with Crippen molar-refractivity contribution in [3.8, 4) is 0 Å². The molecular weight excluding hydrogens is 248 g/mol. The van der Waals surface area contributed by atoms with E-state index in [1.165, 1.54) is 0 Å². The van der Waals surface area contributed by atoms with Crippen LogP contribution in [0.3, 0.4) is 0 Å². The highest BCUT2D eigenvalue weighted by Crippen LogP contribution is 2.20. The number of nitrogens with zero attached hydrogens (tertiary/aromatic N) is 2. The van der Waals surface area contributed by atoms with Crippen LogP contribution in [0, 0.1) is 0 Å². The number of aliphatic hydroxyl groups excluding tert-OH is 1. The molecule has 1 atom stereocenters. The summed E-state index contributed by atoms with van der Waals surface area (Å²) in [5, 5.41) is 17.6. The van der Waals surface area contributed by atoms with Crippen molar-refractivity contribution in [1.82, 2.24) is 9.80 Å². The summed E-state index contributed by atoms with van der Waals surface area (Å²) in [6.45, 7) is 1.28. The lowest BCUT2D eigenvalue weighted by Gasteiger charge is -2.38. The Morgan fingerprint density at radius 2 is 2.11 bits per heavy atom. The Morgan fingerprint density at radius 1 is 1.37 bits per heavy atom. The first-order chi connectivity index (χ1) is 9.06. The summed E-state index contributed by atoms with van der Waals surface area (Å²) in [6, 6.07) is 0.0664. The lowest BCUT2D eigenvalue weighted by molar-refractivity contribution is -0.137. The topological polar surface area (TPSA) is 81.1 Å². The molecule has 2 N–H and O–H groups in total. The molecule has 0 aromatic heterocycles. The molecule has 1 saturated heterocycles. The minimum absolute atomic E-state index is 0.0523. The second-order valence-corrected chi connectivity index (χ2v) is 5.06. The van der Waals surface area contributed by atoms with Gasteiger partial charge < -0.3 is 20.0 Å². The van der Waals surface area contributed by atoms with E-state index in [1.54, 1.807) is 11.9 Å². The number of likely N-dealkylation sites (tertiary alicyclic amines) is 1. The molecule has 1 unspecified atom stereocenters. The maximum absolute atomic E-state index is 12.3. The third-order valence-corrected chi connectivity index (χ3v) is 3.55. The Labute approximate surface area is 114 Å². The Hall–Kier alpha value is -1.30. The number of aliphatic carboxylic acids is 1. The number of carbonyl (C=O) groups excluding carboxylic acids is 1. The van der Waals surface area contributed by atoms with Crippen LogP contribution < -0.4 is 0 Å². The molecule has 110 valence electrons. The standard InChI is InChI=1S/C13H24N2O4/c1-14(8-4-6-12(17)18)13(19)15-9-3-2-5-11(15)7-10-16/h11,16H,2-10H2,1H3,(H,17,18). The molecule has 1 fully saturated rings. The van der Waals surface area contributed by atoms with E-state index in [4.69, 9.17) is 10.2 Å². The fourth-order valence-electron chi connectivity index (χ4n) is 2.48. The van der Waals surface area contributed by atoms with Gasteiger partial charge in [-0.05, 0) is 32.1 Å². The second-order valence-electron chi connectivity index (χ2n) is 5.06. The van der Waals surface area contributed by atoms with Gasteiger partial charge in [0, 0.05) is 39.2 Å². The molecule has 19 heavy (non-hydrogen) atoms. The fourth-order valence-corrected chi connectivity index (χ4v) is 2.48. The van der Waals surface area contributed by atoms with Gasteiger partial charge in [-0.15, -0.1) is 0 Å². The number of carboxylic acids is 1. The number of hydrogen-bond donors (Lipinski definition) is 2. The maximum Gasteiger partial charge on any atom is 0.319 e. The van der Waals surface area contributed by atoms with E-state index in [9.17, 15) is 9.59 Å². The number of piperidine rings is 1. The third-order valence-electron chi connectivity index (χ3n) is 3.55. The van der Waals surface area contributed by atoms with Crippen molar-refractivity contribution in [2.75, 3.05) is 26.7 Å². The maximum atomic E-state index is 12.3. The van der Waals surface area contributed by atoms with Gasteiger partial charge in [0.2, 0.25) is 0 Å². The summed E-state index contributed by atoms with van der Waals surface area (Å²) >= 11 is 0.